The Hall–Kier alpha value is -2.30. The average molecular weight is 275 g/mol. The van der Waals surface area contributed by atoms with Crippen LogP contribution in [0.3, 0.4) is 0 Å². The van der Waals surface area contributed by atoms with E-state index in [1.807, 2.05) is 32.0 Å². The van der Waals surface area contributed by atoms with Crippen LogP contribution >= 0.6 is 0 Å². The van der Waals surface area contributed by atoms with Gasteiger partial charge >= 0.3 is 5.97 Å². The van der Waals surface area contributed by atoms with Crippen molar-refractivity contribution in [3.63, 3.8) is 0 Å². The number of nitrogens with one attached hydrogen (secondary N) is 1. The Balaban J connectivity index is 1.93. The molecule has 0 aliphatic carbocycles. The van der Waals surface area contributed by atoms with Crippen LogP contribution in [0.5, 0.6) is 0 Å². The number of hydrogen-bond donors (Lipinski definition) is 1. The van der Waals surface area contributed by atoms with Gasteiger partial charge in [-0.1, -0.05) is 25.1 Å². The number of esters is 1. The topological polar surface area (TPSA) is 68.5 Å². The molecule has 1 atom stereocenters. The Morgan fingerprint density at radius 1 is 1.35 bits per heavy atom. The number of furan rings is 1. The normalized spacial score (nSPS) is 12.1. The maximum absolute atomic E-state index is 11.8. The lowest BCUT2D eigenvalue weighted by molar-refractivity contribution is -0.124. The SMILES string of the molecule is CC[C@H](C)NC(=O)COC(=O)c1cc2ccccc2o1. The van der Waals surface area contributed by atoms with E-state index in [-0.39, 0.29) is 24.3 Å². The minimum absolute atomic E-state index is 0.0624. The number of rotatable bonds is 5. The summed E-state index contributed by atoms with van der Waals surface area (Å²) in [6.45, 7) is 3.55. The molecule has 0 aliphatic heterocycles. The average Bonchev–Trinajstić information content (AvgIpc) is 2.88. The lowest BCUT2D eigenvalue weighted by Gasteiger charge is -2.10. The molecule has 0 radical (unpaired) electrons. The van der Waals surface area contributed by atoms with Crippen LogP contribution in [0, 0.1) is 0 Å². The number of fused-ring (bicyclic) bond motifs is 1. The Kier molecular flexibility index (Phi) is 4.40. The third-order valence-corrected chi connectivity index (χ3v) is 2.98. The van der Waals surface area contributed by atoms with Crippen molar-refractivity contribution in [3.8, 4) is 0 Å². The highest BCUT2D eigenvalue weighted by Crippen LogP contribution is 2.19. The Labute approximate surface area is 116 Å². The largest absolute Gasteiger partial charge is 0.450 e. The van der Waals surface area contributed by atoms with E-state index < -0.39 is 5.97 Å². The molecule has 5 nitrogen and oxygen atoms in total. The van der Waals surface area contributed by atoms with Crippen LogP contribution in [0.2, 0.25) is 0 Å². The summed E-state index contributed by atoms with van der Waals surface area (Å²) in [4.78, 5) is 23.3. The van der Waals surface area contributed by atoms with E-state index in [9.17, 15) is 9.59 Å². The van der Waals surface area contributed by atoms with Gasteiger partial charge in [0.25, 0.3) is 5.91 Å². The van der Waals surface area contributed by atoms with Crippen molar-refractivity contribution >= 4 is 22.8 Å². The van der Waals surface area contributed by atoms with Crippen molar-refractivity contribution in [2.75, 3.05) is 6.61 Å². The first-order valence-corrected chi connectivity index (χ1v) is 6.55. The fourth-order valence-electron chi connectivity index (χ4n) is 1.70. The Bertz CT molecular complexity index is 584. The molecule has 106 valence electrons. The predicted octanol–water partition coefficient (Wildman–Crippen LogP) is 2.50. The van der Waals surface area contributed by atoms with Gasteiger partial charge in [-0.3, -0.25) is 4.79 Å². The van der Waals surface area contributed by atoms with Crippen molar-refractivity contribution in [3.05, 3.63) is 36.1 Å². The molecular formula is C15H17NO4. The van der Waals surface area contributed by atoms with Gasteiger partial charge in [0.05, 0.1) is 0 Å². The van der Waals surface area contributed by atoms with Crippen LogP contribution in [0.1, 0.15) is 30.8 Å². The standard InChI is InChI=1S/C15H17NO4/c1-3-10(2)16-14(17)9-19-15(18)13-8-11-6-4-5-7-12(11)20-13/h4-8,10H,3,9H2,1-2H3,(H,16,17)/t10-/m0/s1. The number of carbonyl (C=O) groups is 2. The zero-order valence-corrected chi connectivity index (χ0v) is 11.5. The van der Waals surface area contributed by atoms with E-state index in [1.165, 1.54) is 0 Å². The molecule has 20 heavy (non-hydrogen) atoms. The highest BCUT2D eigenvalue weighted by Gasteiger charge is 2.15. The first-order chi connectivity index (χ1) is 9.60. The highest BCUT2D eigenvalue weighted by molar-refractivity contribution is 5.93. The lowest BCUT2D eigenvalue weighted by Crippen LogP contribution is -2.35. The minimum Gasteiger partial charge on any atom is -0.450 e. The third-order valence-electron chi connectivity index (χ3n) is 2.98. The van der Waals surface area contributed by atoms with Crippen molar-refractivity contribution in [1.29, 1.82) is 0 Å². The second kappa shape index (κ2) is 6.23. The van der Waals surface area contributed by atoms with Gasteiger partial charge in [-0.15, -0.1) is 0 Å². The highest BCUT2D eigenvalue weighted by atomic mass is 16.5. The van der Waals surface area contributed by atoms with Crippen LogP contribution in [0.15, 0.2) is 34.7 Å². The molecule has 0 bridgehead atoms. The molecule has 0 saturated heterocycles. The summed E-state index contributed by atoms with van der Waals surface area (Å²) in [6, 6.07) is 8.94. The summed E-state index contributed by atoms with van der Waals surface area (Å²) in [7, 11) is 0. The van der Waals surface area contributed by atoms with E-state index in [0.717, 1.165) is 11.8 Å². The molecule has 1 N–H and O–H groups in total. The van der Waals surface area contributed by atoms with E-state index in [1.54, 1.807) is 12.1 Å². The molecule has 0 spiro atoms. The fourth-order valence-corrected chi connectivity index (χ4v) is 1.70. The van der Waals surface area contributed by atoms with Crippen LogP contribution in [-0.2, 0) is 9.53 Å². The lowest BCUT2D eigenvalue weighted by atomic mass is 10.2. The van der Waals surface area contributed by atoms with Gasteiger partial charge < -0.3 is 14.5 Å². The fraction of sp³-hybridized carbons (Fsp3) is 0.333. The molecule has 1 aromatic carbocycles. The van der Waals surface area contributed by atoms with Gasteiger partial charge in [-0.05, 0) is 25.5 Å². The first-order valence-electron chi connectivity index (χ1n) is 6.55. The summed E-state index contributed by atoms with van der Waals surface area (Å²) in [6.07, 6.45) is 0.823. The number of para-hydroxylation sites is 1. The molecular weight excluding hydrogens is 258 g/mol. The second-order valence-electron chi connectivity index (χ2n) is 4.60. The molecule has 2 rings (SSSR count). The van der Waals surface area contributed by atoms with E-state index in [2.05, 4.69) is 5.32 Å². The number of hydrogen-bond acceptors (Lipinski definition) is 4. The van der Waals surface area contributed by atoms with Crippen LogP contribution in [0.4, 0.5) is 0 Å². The van der Waals surface area contributed by atoms with Crippen LogP contribution in [0.25, 0.3) is 11.0 Å². The third kappa shape index (κ3) is 3.38. The van der Waals surface area contributed by atoms with Gasteiger partial charge in [0.2, 0.25) is 5.76 Å². The molecule has 0 aliphatic rings. The molecule has 0 saturated carbocycles. The van der Waals surface area contributed by atoms with E-state index in [0.29, 0.717) is 5.58 Å². The van der Waals surface area contributed by atoms with Gasteiger partial charge in [0.1, 0.15) is 5.58 Å². The van der Waals surface area contributed by atoms with Gasteiger partial charge in [-0.25, -0.2) is 4.79 Å². The Morgan fingerprint density at radius 3 is 2.80 bits per heavy atom. The maximum atomic E-state index is 11.8. The van der Waals surface area contributed by atoms with Crippen LogP contribution in [-0.4, -0.2) is 24.5 Å². The molecule has 1 amide bonds. The summed E-state index contributed by atoms with van der Waals surface area (Å²) < 4.78 is 10.3. The zero-order valence-electron chi connectivity index (χ0n) is 11.5. The first kappa shape index (κ1) is 14.1. The molecule has 2 aromatic rings. The number of benzene rings is 1. The zero-order chi connectivity index (χ0) is 14.5. The molecule has 1 aromatic heterocycles. The summed E-state index contributed by atoms with van der Waals surface area (Å²) in [5.74, 6) is -0.855. The van der Waals surface area contributed by atoms with Crippen LogP contribution < -0.4 is 5.32 Å². The summed E-state index contributed by atoms with van der Waals surface area (Å²) in [5.41, 5.74) is 0.614. The van der Waals surface area contributed by atoms with Gasteiger partial charge in [-0.2, -0.15) is 0 Å². The summed E-state index contributed by atoms with van der Waals surface area (Å²) >= 11 is 0. The molecule has 0 fully saturated rings. The smallest absolute Gasteiger partial charge is 0.374 e. The quantitative estimate of drug-likeness (QED) is 0.851. The summed E-state index contributed by atoms with van der Waals surface area (Å²) in [5, 5.41) is 3.54. The Morgan fingerprint density at radius 2 is 2.10 bits per heavy atom. The predicted molar refractivity (Wildman–Crippen MR) is 74.4 cm³/mol. The number of carbonyl (C=O) groups excluding carboxylic acids is 2. The second-order valence-corrected chi connectivity index (χ2v) is 4.60. The van der Waals surface area contributed by atoms with E-state index in [4.69, 9.17) is 9.15 Å². The van der Waals surface area contributed by atoms with E-state index >= 15 is 0 Å². The van der Waals surface area contributed by atoms with Crippen molar-refractivity contribution in [1.82, 2.24) is 5.32 Å². The number of amides is 1. The monoisotopic (exact) mass is 275 g/mol. The van der Waals surface area contributed by atoms with Crippen molar-refractivity contribution < 1.29 is 18.7 Å². The maximum Gasteiger partial charge on any atom is 0.374 e. The van der Waals surface area contributed by atoms with Gasteiger partial charge in [0, 0.05) is 11.4 Å². The minimum atomic E-state index is -0.638. The molecule has 5 heteroatoms. The van der Waals surface area contributed by atoms with Crippen molar-refractivity contribution in [2.24, 2.45) is 0 Å². The van der Waals surface area contributed by atoms with Gasteiger partial charge in [0.15, 0.2) is 6.61 Å². The molecule has 0 unspecified atom stereocenters. The number of ether oxygens (including phenoxy) is 1. The van der Waals surface area contributed by atoms with Crippen molar-refractivity contribution in [2.45, 2.75) is 26.3 Å². The molecule has 1 heterocycles.